The smallest absolute Gasteiger partial charge is 0.253 e. The maximum atomic E-state index is 11.8. The zero-order valence-electron chi connectivity index (χ0n) is 11.7. The molecule has 0 spiro atoms. The minimum Gasteiger partial charge on any atom is -0.392 e. The number of hydrogen-bond acceptors (Lipinski definition) is 3. The van der Waals surface area contributed by atoms with Gasteiger partial charge in [0, 0.05) is 6.54 Å². The van der Waals surface area contributed by atoms with Crippen molar-refractivity contribution in [3.63, 3.8) is 0 Å². The summed E-state index contributed by atoms with van der Waals surface area (Å²) in [6, 6.07) is 16.4. The van der Waals surface area contributed by atoms with Crippen LogP contribution in [0.1, 0.15) is 22.8 Å². The average molecular weight is 285 g/mol. The summed E-state index contributed by atoms with van der Waals surface area (Å²) in [5.41, 5.74) is 2.52. The first-order valence-corrected chi connectivity index (χ1v) is 6.90. The van der Waals surface area contributed by atoms with Crippen molar-refractivity contribution in [1.82, 2.24) is 5.32 Å². The number of carbonyl (C=O) groups excluding carboxylic acids is 1. The molecule has 2 aromatic carbocycles. The molecule has 0 aliphatic rings. The highest BCUT2D eigenvalue weighted by molar-refractivity contribution is 5.81. The van der Waals surface area contributed by atoms with Crippen molar-refractivity contribution < 1.29 is 15.0 Å². The molecule has 2 rings (SSSR count). The van der Waals surface area contributed by atoms with E-state index in [4.69, 9.17) is 5.11 Å². The fourth-order valence-corrected chi connectivity index (χ4v) is 2.02. The third kappa shape index (κ3) is 4.41. The summed E-state index contributed by atoms with van der Waals surface area (Å²) in [6.07, 6.45) is -0.457. The van der Waals surface area contributed by atoms with Gasteiger partial charge in [-0.2, -0.15) is 0 Å². The van der Waals surface area contributed by atoms with E-state index >= 15 is 0 Å². The standard InChI is InChI=1S/C17H19NO3/c19-12-14-8-6-13(7-9-14)10-11-18-17(21)16(20)15-4-2-1-3-5-15/h1-9,16,19-20H,10-12H2,(H,18,21)/t16-/m0/s1. The average Bonchev–Trinajstić information content (AvgIpc) is 2.55. The first-order valence-electron chi connectivity index (χ1n) is 6.90. The van der Waals surface area contributed by atoms with Crippen LogP contribution in [0.15, 0.2) is 54.6 Å². The Morgan fingerprint density at radius 2 is 1.62 bits per heavy atom. The molecule has 4 nitrogen and oxygen atoms in total. The third-order valence-corrected chi connectivity index (χ3v) is 3.28. The number of carbonyl (C=O) groups is 1. The lowest BCUT2D eigenvalue weighted by atomic mass is 10.1. The van der Waals surface area contributed by atoms with Crippen molar-refractivity contribution in [3.05, 3.63) is 71.3 Å². The molecule has 0 bridgehead atoms. The fourth-order valence-electron chi connectivity index (χ4n) is 2.02. The Hall–Kier alpha value is -2.17. The number of benzene rings is 2. The predicted molar refractivity (Wildman–Crippen MR) is 80.5 cm³/mol. The van der Waals surface area contributed by atoms with Crippen molar-refractivity contribution >= 4 is 5.91 Å². The molecule has 0 fully saturated rings. The molecule has 0 saturated carbocycles. The van der Waals surface area contributed by atoms with Crippen LogP contribution in [0, 0.1) is 0 Å². The summed E-state index contributed by atoms with van der Waals surface area (Å²) < 4.78 is 0. The van der Waals surface area contributed by atoms with Gasteiger partial charge in [-0.05, 0) is 23.1 Å². The minimum atomic E-state index is -1.14. The fraction of sp³-hybridized carbons (Fsp3) is 0.235. The van der Waals surface area contributed by atoms with Gasteiger partial charge in [-0.25, -0.2) is 0 Å². The van der Waals surface area contributed by atoms with E-state index in [1.807, 2.05) is 30.3 Å². The molecule has 21 heavy (non-hydrogen) atoms. The van der Waals surface area contributed by atoms with Crippen molar-refractivity contribution in [1.29, 1.82) is 0 Å². The Morgan fingerprint density at radius 3 is 2.24 bits per heavy atom. The Bertz CT molecular complexity index is 566. The highest BCUT2D eigenvalue weighted by Crippen LogP contribution is 2.11. The molecule has 0 unspecified atom stereocenters. The molecule has 4 heteroatoms. The lowest BCUT2D eigenvalue weighted by Crippen LogP contribution is -2.30. The molecule has 0 aliphatic heterocycles. The highest BCUT2D eigenvalue weighted by Gasteiger charge is 2.15. The minimum absolute atomic E-state index is 0.0281. The summed E-state index contributed by atoms with van der Waals surface area (Å²) >= 11 is 0. The Morgan fingerprint density at radius 1 is 1.00 bits per heavy atom. The molecular formula is C17H19NO3. The molecule has 0 aromatic heterocycles. The van der Waals surface area contributed by atoms with Crippen LogP contribution in [0.2, 0.25) is 0 Å². The van der Waals surface area contributed by atoms with Crippen LogP contribution in [-0.4, -0.2) is 22.7 Å². The monoisotopic (exact) mass is 285 g/mol. The van der Waals surface area contributed by atoms with E-state index in [1.165, 1.54) is 0 Å². The molecule has 0 heterocycles. The molecule has 0 radical (unpaired) electrons. The number of amides is 1. The number of aliphatic hydroxyl groups excluding tert-OH is 2. The molecular weight excluding hydrogens is 266 g/mol. The molecule has 0 saturated heterocycles. The Labute approximate surface area is 124 Å². The molecule has 3 N–H and O–H groups in total. The second-order valence-electron chi connectivity index (χ2n) is 4.83. The number of hydrogen-bond donors (Lipinski definition) is 3. The summed E-state index contributed by atoms with van der Waals surface area (Å²) in [6.45, 7) is 0.488. The summed E-state index contributed by atoms with van der Waals surface area (Å²) in [5.74, 6) is -0.395. The van der Waals surface area contributed by atoms with Crippen LogP contribution in [0.25, 0.3) is 0 Å². The number of nitrogens with one attached hydrogen (secondary N) is 1. The van der Waals surface area contributed by atoms with Crippen LogP contribution in [0.3, 0.4) is 0 Å². The van der Waals surface area contributed by atoms with Crippen molar-refractivity contribution in [2.24, 2.45) is 0 Å². The van der Waals surface area contributed by atoms with E-state index in [0.29, 0.717) is 18.5 Å². The van der Waals surface area contributed by atoms with Crippen LogP contribution in [0.4, 0.5) is 0 Å². The lowest BCUT2D eigenvalue weighted by Gasteiger charge is -2.11. The molecule has 110 valence electrons. The first kappa shape index (κ1) is 15.2. The van der Waals surface area contributed by atoms with E-state index in [-0.39, 0.29) is 6.61 Å². The van der Waals surface area contributed by atoms with E-state index < -0.39 is 12.0 Å². The van der Waals surface area contributed by atoms with E-state index in [1.54, 1.807) is 24.3 Å². The van der Waals surface area contributed by atoms with Gasteiger partial charge in [0.15, 0.2) is 6.10 Å². The van der Waals surface area contributed by atoms with Crippen molar-refractivity contribution in [2.45, 2.75) is 19.1 Å². The lowest BCUT2D eigenvalue weighted by molar-refractivity contribution is -0.129. The third-order valence-electron chi connectivity index (χ3n) is 3.28. The highest BCUT2D eigenvalue weighted by atomic mass is 16.3. The van der Waals surface area contributed by atoms with Crippen LogP contribution >= 0.6 is 0 Å². The number of rotatable bonds is 6. The normalized spacial score (nSPS) is 11.9. The molecule has 1 atom stereocenters. The zero-order valence-corrected chi connectivity index (χ0v) is 11.7. The summed E-state index contributed by atoms with van der Waals surface area (Å²) in [7, 11) is 0. The van der Waals surface area contributed by atoms with Crippen LogP contribution in [-0.2, 0) is 17.8 Å². The van der Waals surface area contributed by atoms with Gasteiger partial charge in [-0.1, -0.05) is 54.6 Å². The zero-order chi connectivity index (χ0) is 15.1. The van der Waals surface area contributed by atoms with Crippen LogP contribution < -0.4 is 5.32 Å². The quantitative estimate of drug-likeness (QED) is 0.754. The van der Waals surface area contributed by atoms with Gasteiger partial charge in [0.25, 0.3) is 5.91 Å². The SMILES string of the molecule is O=C(NCCc1ccc(CO)cc1)[C@@H](O)c1ccccc1. The van der Waals surface area contributed by atoms with Crippen molar-refractivity contribution in [2.75, 3.05) is 6.54 Å². The molecule has 0 aliphatic carbocycles. The van der Waals surface area contributed by atoms with Gasteiger partial charge in [-0.3, -0.25) is 4.79 Å². The van der Waals surface area contributed by atoms with Gasteiger partial charge >= 0.3 is 0 Å². The van der Waals surface area contributed by atoms with Gasteiger partial charge in [0.05, 0.1) is 6.61 Å². The first-order chi connectivity index (χ1) is 10.2. The van der Waals surface area contributed by atoms with E-state index in [0.717, 1.165) is 11.1 Å². The topological polar surface area (TPSA) is 69.6 Å². The Balaban J connectivity index is 1.81. The van der Waals surface area contributed by atoms with Gasteiger partial charge in [-0.15, -0.1) is 0 Å². The maximum absolute atomic E-state index is 11.8. The van der Waals surface area contributed by atoms with Crippen molar-refractivity contribution in [3.8, 4) is 0 Å². The van der Waals surface area contributed by atoms with E-state index in [2.05, 4.69) is 5.32 Å². The summed E-state index contributed by atoms with van der Waals surface area (Å²) in [4.78, 5) is 11.8. The second-order valence-corrected chi connectivity index (χ2v) is 4.83. The van der Waals surface area contributed by atoms with Gasteiger partial charge in [0.1, 0.15) is 0 Å². The Kier molecular flexibility index (Phi) is 5.49. The predicted octanol–water partition coefficient (Wildman–Crippen LogP) is 1.57. The molecule has 2 aromatic rings. The number of aliphatic hydroxyl groups is 2. The van der Waals surface area contributed by atoms with Crippen LogP contribution in [0.5, 0.6) is 0 Å². The van der Waals surface area contributed by atoms with Gasteiger partial charge < -0.3 is 15.5 Å². The maximum Gasteiger partial charge on any atom is 0.253 e. The van der Waals surface area contributed by atoms with Gasteiger partial charge in [0.2, 0.25) is 0 Å². The second kappa shape index (κ2) is 7.57. The largest absolute Gasteiger partial charge is 0.392 e. The summed E-state index contributed by atoms with van der Waals surface area (Å²) in [5, 5.41) is 21.6. The molecule has 1 amide bonds. The van der Waals surface area contributed by atoms with E-state index in [9.17, 15) is 9.90 Å².